The minimum absolute atomic E-state index is 0.0973. The van der Waals surface area contributed by atoms with E-state index in [2.05, 4.69) is 11.3 Å². The Kier molecular flexibility index (Phi) is 3.53. The molecule has 0 spiro atoms. The van der Waals surface area contributed by atoms with Gasteiger partial charge < -0.3 is 0 Å². The summed E-state index contributed by atoms with van der Waals surface area (Å²) in [6, 6.07) is 6.20. The van der Waals surface area contributed by atoms with Crippen LogP contribution >= 0.6 is 11.6 Å². The van der Waals surface area contributed by atoms with Gasteiger partial charge in [0.25, 0.3) is 0 Å². The summed E-state index contributed by atoms with van der Waals surface area (Å²) < 4.78 is 21.8. The maximum Gasteiger partial charge on any atom is 0.238 e. The SMILES string of the molecule is NS(=O)(=O)c1ccc(CC#CCl)cc1. The van der Waals surface area contributed by atoms with Crippen molar-refractivity contribution in [2.45, 2.75) is 11.3 Å². The molecule has 0 aliphatic heterocycles. The van der Waals surface area contributed by atoms with Crippen molar-refractivity contribution in [3.63, 3.8) is 0 Å². The Labute approximate surface area is 87.9 Å². The summed E-state index contributed by atoms with van der Waals surface area (Å²) in [5.41, 5.74) is 0.894. The third kappa shape index (κ3) is 3.04. The monoisotopic (exact) mass is 229 g/mol. The van der Waals surface area contributed by atoms with Crippen LogP contribution < -0.4 is 5.14 Å². The summed E-state index contributed by atoms with van der Waals surface area (Å²) >= 11 is 5.18. The Bertz CT molecular complexity index is 468. The van der Waals surface area contributed by atoms with Crippen molar-refractivity contribution >= 4 is 21.6 Å². The van der Waals surface area contributed by atoms with Crippen molar-refractivity contribution in [1.29, 1.82) is 0 Å². The molecule has 1 aromatic carbocycles. The van der Waals surface area contributed by atoms with Crippen molar-refractivity contribution in [3.05, 3.63) is 29.8 Å². The van der Waals surface area contributed by atoms with Gasteiger partial charge >= 0.3 is 0 Å². The van der Waals surface area contributed by atoms with E-state index in [0.29, 0.717) is 6.42 Å². The zero-order valence-corrected chi connectivity index (χ0v) is 8.77. The quantitative estimate of drug-likeness (QED) is 0.772. The van der Waals surface area contributed by atoms with Crippen molar-refractivity contribution in [2.75, 3.05) is 0 Å². The van der Waals surface area contributed by atoms with Crippen LogP contribution in [0.1, 0.15) is 5.56 Å². The van der Waals surface area contributed by atoms with E-state index >= 15 is 0 Å². The second-order valence-electron chi connectivity index (χ2n) is 2.64. The summed E-state index contributed by atoms with van der Waals surface area (Å²) in [5, 5.41) is 7.17. The van der Waals surface area contributed by atoms with E-state index in [0.717, 1.165) is 5.56 Å². The lowest BCUT2D eigenvalue weighted by Gasteiger charge is -1.98. The van der Waals surface area contributed by atoms with E-state index in [-0.39, 0.29) is 4.90 Å². The van der Waals surface area contributed by atoms with Crippen LogP contribution in [0.25, 0.3) is 0 Å². The molecule has 0 heterocycles. The predicted molar refractivity (Wildman–Crippen MR) is 55.1 cm³/mol. The molecule has 0 radical (unpaired) electrons. The van der Waals surface area contributed by atoms with Gasteiger partial charge in [0.05, 0.1) is 4.90 Å². The van der Waals surface area contributed by atoms with Crippen LogP contribution in [0.3, 0.4) is 0 Å². The third-order valence-corrected chi connectivity index (χ3v) is 2.67. The van der Waals surface area contributed by atoms with E-state index in [4.69, 9.17) is 16.7 Å². The zero-order valence-electron chi connectivity index (χ0n) is 7.20. The highest BCUT2D eigenvalue weighted by atomic mass is 35.5. The number of nitrogens with two attached hydrogens (primary N) is 1. The van der Waals surface area contributed by atoms with Crippen LogP contribution in [0, 0.1) is 11.3 Å². The summed E-state index contributed by atoms with van der Waals surface area (Å²) in [6.07, 6.45) is 0.494. The second kappa shape index (κ2) is 4.47. The maximum absolute atomic E-state index is 10.9. The molecule has 74 valence electrons. The largest absolute Gasteiger partial charge is 0.238 e. The Balaban J connectivity index is 2.93. The fourth-order valence-electron chi connectivity index (χ4n) is 0.932. The van der Waals surface area contributed by atoms with Crippen molar-refractivity contribution in [1.82, 2.24) is 0 Å². The second-order valence-corrected chi connectivity index (χ2v) is 4.39. The molecule has 0 unspecified atom stereocenters. The van der Waals surface area contributed by atoms with Gasteiger partial charge in [0.15, 0.2) is 0 Å². The van der Waals surface area contributed by atoms with Gasteiger partial charge in [0.1, 0.15) is 0 Å². The molecule has 0 atom stereocenters. The average molecular weight is 230 g/mol. The lowest BCUT2D eigenvalue weighted by Crippen LogP contribution is -2.11. The van der Waals surface area contributed by atoms with Crippen molar-refractivity contribution < 1.29 is 8.42 Å². The summed E-state index contributed by atoms with van der Waals surface area (Å²) in [4.78, 5) is 0.0973. The Morgan fingerprint density at radius 2 is 1.86 bits per heavy atom. The van der Waals surface area contributed by atoms with Crippen LogP contribution in [0.4, 0.5) is 0 Å². The fourth-order valence-corrected chi connectivity index (χ4v) is 1.51. The molecule has 0 aromatic heterocycles. The van der Waals surface area contributed by atoms with E-state index < -0.39 is 10.0 Å². The summed E-state index contributed by atoms with van der Waals surface area (Å²) in [6.45, 7) is 0. The summed E-state index contributed by atoms with van der Waals surface area (Å²) in [5.74, 6) is 2.66. The Morgan fingerprint density at radius 1 is 1.29 bits per heavy atom. The highest BCUT2D eigenvalue weighted by Gasteiger charge is 2.05. The number of hydrogen-bond acceptors (Lipinski definition) is 2. The van der Waals surface area contributed by atoms with Gasteiger partial charge in [-0.05, 0) is 29.3 Å². The molecule has 0 aliphatic carbocycles. The first kappa shape index (κ1) is 11.1. The van der Waals surface area contributed by atoms with Crippen LogP contribution in [-0.2, 0) is 16.4 Å². The first-order valence-corrected chi connectivity index (χ1v) is 5.66. The lowest BCUT2D eigenvalue weighted by molar-refractivity contribution is 0.598. The molecule has 3 nitrogen and oxygen atoms in total. The average Bonchev–Trinajstić information content (AvgIpc) is 2.14. The van der Waals surface area contributed by atoms with E-state index in [1.54, 1.807) is 12.1 Å². The number of primary sulfonamides is 1. The number of hydrogen-bond donors (Lipinski definition) is 1. The Morgan fingerprint density at radius 3 is 2.29 bits per heavy atom. The number of benzene rings is 1. The summed E-state index contributed by atoms with van der Waals surface area (Å²) in [7, 11) is -3.60. The number of halogens is 1. The molecular formula is C9H8ClNO2S. The van der Waals surface area contributed by atoms with Crippen molar-refractivity contribution in [3.8, 4) is 11.3 Å². The lowest BCUT2D eigenvalue weighted by atomic mass is 10.2. The van der Waals surface area contributed by atoms with Gasteiger partial charge in [-0.25, -0.2) is 13.6 Å². The molecule has 2 N–H and O–H groups in total. The van der Waals surface area contributed by atoms with Gasteiger partial charge in [-0.15, -0.1) is 0 Å². The molecular weight excluding hydrogens is 222 g/mol. The number of sulfonamides is 1. The molecule has 0 saturated carbocycles. The topological polar surface area (TPSA) is 60.2 Å². The van der Waals surface area contributed by atoms with E-state index in [1.807, 2.05) is 0 Å². The van der Waals surface area contributed by atoms with Gasteiger partial charge in [-0.1, -0.05) is 18.1 Å². The van der Waals surface area contributed by atoms with Gasteiger partial charge in [0, 0.05) is 11.8 Å². The van der Waals surface area contributed by atoms with Crippen LogP contribution in [0.5, 0.6) is 0 Å². The zero-order chi connectivity index (χ0) is 10.6. The van der Waals surface area contributed by atoms with Crippen LogP contribution in [0.2, 0.25) is 0 Å². The smallest absolute Gasteiger partial charge is 0.225 e. The van der Waals surface area contributed by atoms with Gasteiger partial charge in [-0.3, -0.25) is 0 Å². The van der Waals surface area contributed by atoms with E-state index in [1.165, 1.54) is 12.1 Å². The minimum atomic E-state index is -3.60. The molecule has 0 aliphatic rings. The Hall–Kier alpha value is -1.02. The standard InChI is InChI=1S/C9H8ClNO2S/c10-7-1-2-8-3-5-9(6-4-8)14(11,12)13/h3-6H,2H2,(H2,11,12,13). The number of rotatable bonds is 2. The highest BCUT2D eigenvalue weighted by molar-refractivity contribution is 7.89. The maximum atomic E-state index is 10.9. The van der Waals surface area contributed by atoms with Gasteiger partial charge in [0.2, 0.25) is 10.0 Å². The molecule has 1 rings (SSSR count). The highest BCUT2D eigenvalue weighted by Crippen LogP contribution is 2.08. The molecule has 0 fully saturated rings. The molecule has 5 heteroatoms. The molecule has 0 amide bonds. The fraction of sp³-hybridized carbons (Fsp3) is 0.111. The first-order valence-electron chi connectivity index (χ1n) is 3.74. The third-order valence-electron chi connectivity index (χ3n) is 1.61. The van der Waals surface area contributed by atoms with E-state index in [9.17, 15) is 8.42 Å². The first-order chi connectivity index (χ1) is 6.54. The minimum Gasteiger partial charge on any atom is -0.225 e. The van der Waals surface area contributed by atoms with Gasteiger partial charge in [-0.2, -0.15) is 0 Å². The van der Waals surface area contributed by atoms with Crippen LogP contribution in [0.15, 0.2) is 29.2 Å². The molecule has 0 saturated heterocycles. The molecule has 0 bridgehead atoms. The van der Waals surface area contributed by atoms with Crippen LogP contribution in [-0.4, -0.2) is 8.42 Å². The molecule has 1 aromatic rings. The normalized spacial score (nSPS) is 10.4. The predicted octanol–water partition coefficient (Wildman–Crippen LogP) is 1.08. The molecule has 14 heavy (non-hydrogen) atoms. The van der Waals surface area contributed by atoms with Crippen molar-refractivity contribution in [2.24, 2.45) is 5.14 Å².